The third kappa shape index (κ3) is 2.81. The number of nitrogens with zero attached hydrogens (tertiary/aromatic N) is 2. The number of likely N-dealkylation sites (tertiary alicyclic amines) is 1. The predicted molar refractivity (Wildman–Crippen MR) is 85.8 cm³/mol. The molecule has 2 heterocycles. The first-order valence-corrected chi connectivity index (χ1v) is 7.99. The van der Waals surface area contributed by atoms with E-state index in [0.29, 0.717) is 30.8 Å². The average molecular weight is 332 g/mol. The zero-order chi connectivity index (χ0) is 17.3. The molecule has 0 radical (unpaired) electrons. The van der Waals surface area contributed by atoms with Crippen molar-refractivity contribution < 1.29 is 24.2 Å². The first-order valence-electron chi connectivity index (χ1n) is 7.99. The zero-order valence-electron chi connectivity index (χ0n) is 13.5. The summed E-state index contributed by atoms with van der Waals surface area (Å²) in [6.07, 6.45) is 1.25. The second kappa shape index (κ2) is 6.51. The van der Waals surface area contributed by atoms with Gasteiger partial charge in [0.1, 0.15) is 11.8 Å². The Morgan fingerprint density at radius 1 is 1.29 bits per heavy atom. The number of carboxylic acids is 1. The summed E-state index contributed by atoms with van der Waals surface area (Å²) in [4.78, 5) is 39.3. The van der Waals surface area contributed by atoms with Crippen LogP contribution in [0, 0.1) is 5.92 Å². The van der Waals surface area contributed by atoms with Gasteiger partial charge in [-0.15, -0.1) is 0 Å². The molecular formula is C17H20N2O5. The monoisotopic (exact) mass is 332 g/mol. The molecule has 7 nitrogen and oxygen atoms in total. The fraction of sp³-hybridized carbons (Fsp3) is 0.471. The van der Waals surface area contributed by atoms with Crippen LogP contribution in [0.25, 0.3) is 0 Å². The van der Waals surface area contributed by atoms with Crippen molar-refractivity contribution in [3.8, 4) is 5.75 Å². The van der Waals surface area contributed by atoms with E-state index in [-0.39, 0.29) is 24.8 Å². The Morgan fingerprint density at radius 2 is 2.04 bits per heavy atom. The molecule has 2 aliphatic rings. The second-order valence-corrected chi connectivity index (χ2v) is 6.11. The molecule has 1 aromatic carbocycles. The van der Waals surface area contributed by atoms with Gasteiger partial charge in [-0.2, -0.15) is 0 Å². The minimum absolute atomic E-state index is 0.0969. The van der Waals surface area contributed by atoms with Crippen LogP contribution in [-0.2, 0) is 14.4 Å². The van der Waals surface area contributed by atoms with Gasteiger partial charge in [-0.25, -0.2) is 4.79 Å². The molecule has 2 aliphatic heterocycles. The number of hydrogen-bond donors (Lipinski definition) is 1. The molecule has 0 aromatic heterocycles. The SMILES string of the molecule is COc1ccccc1N1C[C@@H](C(=O)N2CCC[C@@H]2C(=O)O)CC1=O. The summed E-state index contributed by atoms with van der Waals surface area (Å²) in [6, 6.07) is 6.39. The number of carbonyl (C=O) groups is 3. The Bertz CT molecular complexity index is 675. The van der Waals surface area contributed by atoms with Crippen LogP contribution in [0.15, 0.2) is 24.3 Å². The van der Waals surface area contributed by atoms with Crippen molar-refractivity contribution in [2.24, 2.45) is 5.92 Å². The lowest BCUT2D eigenvalue weighted by Gasteiger charge is -2.25. The van der Waals surface area contributed by atoms with E-state index in [2.05, 4.69) is 0 Å². The normalized spacial score (nSPS) is 23.6. The fourth-order valence-electron chi connectivity index (χ4n) is 3.48. The number of anilines is 1. The summed E-state index contributed by atoms with van der Waals surface area (Å²) >= 11 is 0. The zero-order valence-corrected chi connectivity index (χ0v) is 13.5. The van der Waals surface area contributed by atoms with E-state index in [0.717, 1.165) is 0 Å². The molecule has 0 bridgehead atoms. The number of ether oxygens (including phenoxy) is 1. The third-order valence-electron chi connectivity index (χ3n) is 4.67. The molecule has 0 spiro atoms. The van der Waals surface area contributed by atoms with E-state index in [4.69, 9.17) is 4.74 Å². The Morgan fingerprint density at radius 3 is 2.75 bits per heavy atom. The minimum Gasteiger partial charge on any atom is -0.495 e. The minimum atomic E-state index is -0.980. The molecular weight excluding hydrogens is 312 g/mol. The molecule has 3 rings (SSSR count). The van der Waals surface area contributed by atoms with Crippen molar-refractivity contribution in [1.29, 1.82) is 0 Å². The van der Waals surface area contributed by atoms with Crippen LogP contribution in [0.4, 0.5) is 5.69 Å². The quantitative estimate of drug-likeness (QED) is 0.893. The highest BCUT2D eigenvalue weighted by molar-refractivity contribution is 6.01. The van der Waals surface area contributed by atoms with Crippen LogP contribution in [0.3, 0.4) is 0 Å². The molecule has 128 valence electrons. The standard InChI is InChI=1S/C17H20N2O5/c1-24-14-7-3-2-5-12(14)19-10-11(9-15(19)20)16(21)18-8-4-6-13(18)17(22)23/h2-3,5,7,11,13H,4,6,8-10H2,1H3,(H,22,23)/t11-,13+/m0/s1. The molecule has 1 N–H and O–H groups in total. The maximum absolute atomic E-state index is 12.7. The van der Waals surface area contributed by atoms with Crippen LogP contribution in [-0.4, -0.2) is 54.0 Å². The summed E-state index contributed by atoms with van der Waals surface area (Å²) in [5.41, 5.74) is 0.636. The lowest BCUT2D eigenvalue weighted by atomic mass is 10.1. The first-order chi connectivity index (χ1) is 11.5. The molecule has 2 amide bonds. The van der Waals surface area contributed by atoms with E-state index in [1.54, 1.807) is 23.1 Å². The number of hydrogen-bond acceptors (Lipinski definition) is 4. The predicted octanol–water partition coefficient (Wildman–Crippen LogP) is 1.12. The Labute approximate surface area is 139 Å². The van der Waals surface area contributed by atoms with E-state index >= 15 is 0 Å². The van der Waals surface area contributed by atoms with Gasteiger partial charge < -0.3 is 19.6 Å². The van der Waals surface area contributed by atoms with Crippen molar-refractivity contribution in [3.05, 3.63) is 24.3 Å². The molecule has 7 heteroatoms. The van der Waals surface area contributed by atoms with Gasteiger partial charge in [0, 0.05) is 19.5 Å². The maximum atomic E-state index is 12.7. The topological polar surface area (TPSA) is 87.2 Å². The highest BCUT2D eigenvalue weighted by atomic mass is 16.5. The van der Waals surface area contributed by atoms with Crippen molar-refractivity contribution in [3.63, 3.8) is 0 Å². The lowest BCUT2D eigenvalue weighted by Crippen LogP contribution is -2.44. The van der Waals surface area contributed by atoms with Crippen molar-refractivity contribution in [2.75, 3.05) is 25.1 Å². The molecule has 0 unspecified atom stereocenters. The van der Waals surface area contributed by atoms with Gasteiger partial charge in [0.15, 0.2) is 0 Å². The van der Waals surface area contributed by atoms with Crippen LogP contribution in [0.2, 0.25) is 0 Å². The smallest absolute Gasteiger partial charge is 0.326 e. The number of rotatable bonds is 4. The maximum Gasteiger partial charge on any atom is 0.326 e. The number of methoxy groups -OCH3 is 1. The van der Waals surface area contributed by atoms with E-state index in [1.807, 2.05) is 6.07 Å². The van der Waals surface area contributed by atoms with Gasteiger partial charge in [0.2, 0.25) is 11.8 Å². The molecule has 2 atom stereocenters. The Kier molecular flexibility index (Phi) is 4.42. The fourth-order valence-corrected chi connectivity index (χ4v) is 3.48. The van der Waals surface area contributed by atoms with Crippen molar-refractivity contribution in [2.45, 2.75) is 25.3 Å². The van der Waals surface area contributed by atoms with Crippen LogP contribution in [0.1, 0.15) is 19.3 Å². The number of carbonyl (C=O) groups excluding carboxylic acids is 2. The summed E-state index contributed by atoms with van der Waals surface area (Å²) in [6.45, 7) is 0.691. The summed E-state index contributed by atoms with van der Waals surface area (Å²) in [7, 11) is 1.53. The van der Waals surface area contributed by atoms with Crippen LogP contribution < -0.4 is 9.64 Å². The molecule has 0 saturated carbocycles. The van der Waals surface area contributed by atoms with Gasteiger partial charge in [0.05, 0.1) is 18.7 Å². The largest absolute Gasteiger partial charge is 0.495 e. The number of amides is 2. The van der Waals surface area contributed by atoms with E-state index < -0.39 is 17.9 Å². The van der Waals surface area contributed by atoms with Crippen molar-refractivity contribution in [1.82, 2.24) is 4.90 Å². The molecule has 0 aliphatic carbocycles. The summed E-state index contributed by atoms with van der Waals surface area (Å²) in [5, 5.41) is 9.24. The molecule has 1 aromatic rings. The average Bonchev–Trinajstić information content (AvgIpc) is 3.21. The second-order valence-electron chi connectivity index (χ2n) is 6.11. The van der Waals surface area contributed by atoms with Gasteiger partial charge >= 0.3 is 5.97 Å². The summed E-state index contributed by atoms with van der Waals surface area (Å²) in [5.74, 6) is -1.31. The number of benzene rings is 1. The Balaban J connectivity index is 1.77. The third-order valence-corrected chi connectivity index (χ3v) is 4.67. The Hall–Kier alpha value is -2.57. The lowest BCUT2D eigenvalue weighted by molar-refractivity contribution is -0.149. The van der Waals surface area contributed by atoms with Crippen LogP contribution in [0.5, 0.6) is 5.75 Å². The molecule has 24 heavy (non-hydrogen) atoms. The van der Waals surface area contributed by atoms with Gasteiger partial charge in [-0.1, -0.05) is 12.1 Å². The van der Waals surface area contributed by atoms with Gasteiger partial charge in [-0.05, 0) is 25.0 Å². The number of para-hydroxylation sites is 2. The molecule has 2 saturated heterocycles. The van der Waals surface area contributed by atoms with Crippen LogP contribution >= 0.6 is 0 Å². The van der Waals surface area contributed by atoms with E-state index in [1.165, 1.54) is 12.0 Å². The molecule has 2 fully saturated rings. The number of carboxylic acid groups (broad SMARTS) is 1. The highest BCUT2D eigenvalue weighted by Gasteiger charge is 2.42. The summed E-state index contributed by atoms with van der Waals surface area (Å²) < 4.78 is 5.28. The number of aliphatic carboxylic acids is 1. The van der Waals surface area contributed by atoms with Crippen molar-refractivity contribution >= 4 is 23.5 Å². The van der Waals surface area contributed by atoms with E-state index in [9.17, 15) is 19.5 Å². The first kappa shape index (κ1) is 16.3. The van der Waals surface area contributed by atoms with Gasteiger partial charge in [0.25, 0.3) is 0 Å². The highest BCUT2D eigenvalue weighted by Crippen LogP contribution is 2.34. The van der Waals surface area contributed by atoms with Gasteiger partial charge in [-0.3, -0.25) is 9.59 Å².